The van der Waals surface area contributed by atoms with E-state index in [4.69, 9.17) is 4.74 Å². The van der Waals surface area contributed by atoms with E-state index in [0.717, 1.165) is 12.8 Å². The van der Waals surface area contributed by atoms with Crippen LogP contribution in [0.1, 0.15) is 56.6 Å². The van der Waals surface area contributed by atoms with Crippen molar-refractivity contribution < 1.29 is 9.84 Å². The van der Waals surface area contributed by atoms with Crippen LogP contribution in [-0.4, -0.2) is 23.9 Å². The number of methoxy groups -OCH3 is 1. The SMILES string of the molecule is CCC(C)(OC)C(O)CC1CCCc2ccccc21. The van der Waals surface area contributed by atoms with Crippen LogP contribution >= 0.6 is 0 Å². The molecule has 0 aliphatic heterocycles. The summed E-state index contributed by atoms with van der Waals surface area (Å²) in [7, 11) is 1.70. The van der Waals surface area contributed by atoms with Gasteiger partial charge < -0.3 is 9.84 Å². The molecule has 1 aromatic rings. The van der Waals surface area contributed by atoms with E-state index in [-0.39, 0.29) is 0 Å². The van der Waals surface area contributed by atoms with Crippen molar-refractivity contribution in [2.75, 3.05) is 7.11 Å². The highest BCUT2D eigenvalue weighted by molar-refractivity contribution is 5.32. The van der Waals surface area contributed by atoms with Crippen molar-refractivity contribution in [3.8, 4) is 0 Å². The molecule has 19 heavy (non-hydrogen) atoms. The van der Waals surface area contributed by atoms with Gasteiger partial charge in [0.25, 0.3) is 0 Å². The van der Waals surface area contributed by atoms with Crippen molar-refractivity contribution in [3.63, 3.8) is 0 Å². The Hall–Kier alpha value is -0.860. The Morgan fingerprint density at radius 3 is 2.84 bits per heavy atom. The van der Waals surface area contributed by atoms with Crippen LogP contribution in [0.3, 0.4) is 0 Å². The lowest BCUT2D eigenvalue weighted by Crippen LogP contribution is -2.41. The molecule has 0 radical (unpaired) electrons. The monoisotopic (exact) mass is 262 g/mol. The smallest absolute Gasteiger partial charge is 0.0906 e. The second-order valence-electron chi connectivity index (χ2n) is 5.91. The van der Waals surface area contributed by atoms with Crippen LogP contribution in [0.2, 0.25) is 0 Å². The minimum absolute atomic E-state index is 0.404. The van der Waals surface area contributed by atoms with Crippen molar-refractivity contribution in [2.24, 2.45) is 0 Å². The predicted octanol–water partition coefficient (Wildman–Crippen LogP) is 3.67. The summed E-state index contributed by atoms with van der Waals surface area (Å²) in [6.45, 7) is 4.08. The summed E-state index contributed by atoms with van der Waals surface area (Å²) in [5.74, 6) is 0.473. The normalized spacial score (nSPS) is 23.5. The highest BCUT2D eigenvalue weighted by Crippen LogP contribution is 2.37. The molecule has 0 amide bonds. The Bertz CT molecular complexity index is 409. The fraction of sp³-hybridized carbons (Fsp3) is 0.647. The quantitative estimate of drug-likeness (QED) is 0.877. The second kappa shape index (κ2) is 6.06. The van der Waals surface area contributed by atoms with Gasteiger partial charge in [-0.25, -0.2) is 0 Å². The summed E-state index contributed by atoms with van der Waals surface area (Å²) >= 11 is 0. The lowest BCUT2D eigenvalue weighted by atomic mass is 9.77. The van der Waals surface area contributed by atoms with E-state index in [1.165, 1.54) is 30.4 Å². The Kier molecular flexibility index (Phi) is 4.64. The first-order valence-electron chi connectivity index (χ1n) is 7.41. The molecule has 2 rings (SSSR count). The number of hydrogen-bond donors (Lipinski definition) is 1. The van der Waals surface area contributed by atoms with Gasteiger partial charge in [-0.15, -0.1) is 0 Å². The molecule has 1 aliphatic rings. The second-order valence-corrected chi connectivity index (χ2v) is 5.91. The van der Waals surface area contributed by atoms with E-state index in [1.54, 1.807) is 7.11 Å². The van der Waals surface area contributed by atoms with Gasteiger partial charge in [-0.2, -0.15) is 0 Å². The van der Waals surface area contributed by atoms with Gasteiger partial charge in [0.05, 0.1) is 11.7 Å². The zero-order valence-corrected chi connectivity index (χ0v) is 12.4. The maximum absolute atomic E-state index is 10.5. The van der Waals surface area contributed by atoms with Gasteiger partial charge in [0, 0.05) is 7.11 Å². The lowest BCUT2D eigenvalue weighted by Gasteiger charge is -2.36. The average Bonchev–Trinajstić information content (AvgIpc) is 2.46. The van der Waals surface area contributed by atoms with Gasteiger partial charge in [0.2, 0.25) is 0 Å². The molecule has 3 unspecified atom stereocenters. The summed E-state index contributed by atoms with van der Waals surface area (Å²) < 4.78 is 5.53. The van der Waals surface area contributed by atoms with Crippen LogP contribution in [0.5, 0.6) is 0 Å². The standard InChI is InChI=1S/C17H26O2/c1-4-17(2,19-3)16(18)12-14-10-7-9-13-8-5-6-11-15(13)14/h5-6,8,11,14,16,18H,4,7,9-10,12H2,1-3H3. The third-order valence-electron chi connectivity index (χ3n) is 4.87. The third-order valence-corrected chi connectivity index (χ3v) is 4.87. The molecule has 1 aromatic carbocycles. The molecule has 0 saturated carbocycles. The van der Waals surface area contributed by atoms with E-state index in [9.17, 15) is 5.11 Å². The molecule has 0 bridgehead atoms. The number of ether oxygens (including phenoxy) is 1. The molecule has 2 heteroatoms. The molecule has 1 aliphatic carbocycles. The number of aliphatic hydroxyl groups excluding tert-OH is 1. The number of hydrogen-bond acceptors (Lipinski definition) is 2. The van der Waals surface area contributed by atoms with Gasteiger partial charge in [-0.3, -0.25) is 0 Å². The first-order chi connectivity index (χ1) is 9.10. The van der Waals surface area contributed by atoms with Crippen molar-refractivity contribution in [3.05, 3.63) is 35.4 Å². The van der Waals surface area contributed by atoms with Crippen molar-refractivity contribution in [1.82, 2.24) is 0 Å². The largest absolute Gasteiger partial charge is 0.390 e. The summed E-state index contributed by atoms with van der Waals surface area (Å²) in [4.78, 5) is 0. The first-order valence-corrected chi connectivity index (χ1v) is 7.41. The van der Waals surface area contributed by atoms with E-state index in [1.807, 2.05) is 6.92 Å². The number of benzene rings is 1. The topological polar surface area (TPSA) is 29.5 Å². The van der Waals surface area contributed by atoms with E-state index < -0.39 is 11.7 Å². The first kappa shape index (κ1) is 14.5. The van der Waals surface area contributed by atoms with E-state index >= 15 is 0 Å². The minimum atomic E-state index is -0.424. The summed E-state index contributed by atoms with van der Waals surface area (Å²) in [5.41, 5.74) is 2.47. The molecular weight excluding hydrogens is 236 g/mol. The lowest BCUT2D eigenvalue weighted by molar-refractivity contribution is -0.0973. The zero-order chi connectivity index (χ0) is 13.9. The van der Waals surface area contributed by atoms with Crippen molar-refractivity contribution in [2.45, 2.75) is 63.6 Å². The zero-order valence-electron chi connectivity index (χ0n) is 12.4. The molecule has 2 nitrogen and oxygen atoms in total. The van der Waals surface area contributed by atoms with Gasteiger partial charge in [0.15, 0.2) is 0 Å². The fourth-order valence-electron chi connectivity index (χ4n) is 3.13. The molecule has 0 aromatic heterocycles. The molecule has 0 saturated heterocycles. The third kappa shape index (κ3) is 3.01. The van der Waals surface area contributed by atoms with Gasteiger partial charge in [-0.05, 0) is 56.1 Å². The molecule has 0 fully saturated rings. The Balaban J connectivity index is 2.12. The molecule has 0 spiro atoms. The fourth-order valence-corrected chi connectivity index (χ4v) is 3.13. The van der Waals surface area contributed by atoms with Gasteiger partial charge in [0.1, 0.15) is 0 Å². The number of aliphatic hydroxyl groups is 1. The van der Waals surface area contributed by atoms with Crippen molar-refractivity contribution >= 4 is 0 Å². The van der Waals surface area contributed by atoms with Crippen molar-refractivity contribution in [1.29, 1.82) is 0 Å². The Morgan fingerprint density at radius 2 is 2.16 bits per heavy atom. The summed E-state index contributed by atoms with van der Waals surface area (Å²) in [6.07, 6.45) is 4.81. The Morgan fingerprint density at radius 1 is 1.42 bits per heavy atom. The highest BCUT2D eigenvalue weighted by atomic mass is 16.5. The summed E-state index contributed by atoms with van der Waals surface area (Å²) in [6, 6.07) is 8.67. The Labute approximate surface area is 116 Å². The van der Waals surface area contributed by atoms with E-state index in [2.05, 4.69) is 31.2 Å². The molecule has 1 N–H and O–H groups in total. The number of fused-ring (bicyclic) bond motifs is 1. The minimum Gasteiger partial charge on any atom is -0.390 e. The molecule has 106 valence electrons. The average molecular weight is 262 g/mol. The molecule has 0 heterocycles. The van der Waals surface area contributed by atoms with Crippen LogP contribution in [0.25, 0.3) is 0 Å². The number of aryl methyl sites for hydroxylation is 1. The maximum Gasteiger partial charge on any atom is 0.0906 e. The highest BCUT2D eigenvalue weighted by Gasteiger charge is 2.34. The predicted molar refractivity (Wildman–Crippen MR) is 78.4 cm³/mol. The van der Waals surface area contributed by atoms with Gasteiger partial charge >= 0.3 is 0 Å². The van der Waals surface area contributed by atoms with E-state index in [0.29, 0.717) is 5.92 Å². The maximum atomic E-state index is 10.5. The molecular formula is C17H26O2. The summed E-state index contributed by atoms with van der Waals surface area (Å²) in [5, 5.41) is 10.5. The van der Waals surface area contributed by atoms with Crippen LogP contribution in [0.15, 0.2) is 24.3 Å². The van der Waals surface area contributed by atoms with Crippen LogP contribution in [0.4, 0.5) is 0 Å². The van der Waals surface area contributed by atoms with Crippen LogP contribution in [0, 0.1) is 0 Å². The number of rotatable bonds is 5. The van der Waals surface area contributed by atoms with Crippen LogP contribution < -0.4 is 0 Å². The van der Waals surface area contributed by atoms with Crippen LogP contribution in [-0.2, 0) is 11.2 Å². The van der Waals surface area contributed by atoms with Gasteiger partial charge in [-0.1, -0.05) is 31.2 Å². The molecule has 3 atom stereocenters.